The number of amides is 1. The number of fused-ring (bicyclic) bond motifs is 1. The zero-order valence-electron chi connectivity index (χ0n) is 11.8. The highest BCUT2D eigenvalue weighted by Crippen LogP contribution is 2.34. The molecule has 0 saturated carbocycles. The van der Waals surface area contributed by atoms with E-state index in [0.717, 1.165) is 31.6 Å². The lowest BCUT2D eigenvalue weighted by atomic mass is 9.93. The van der Waals surface area contributed by atoms with E-state index in [4.69, 9.17) is 11.6 Å². The van der Waals surface area contributed by atoms with E-state index in [1.807, 2.05) is 24.3 Å². The molecule has 108 valence electrons. The van der Waals surface area contributed by atoms with Crippen LogP contribution in [0.3, 0.4) is 0 Å². The van der Waals surface area contributed by atoms with E-state index in [2.05, 4.69) is 17.1 Å². The van der Waals surface area contributed by atoms with Crippen molar-refractivity contribution in [1.82, 2.24) is 10.2 Å². The minimum absolute atomic E-state index is 0.244. The smallest absolute Gasteiger partial charge is 0.227 e. The molecule has 3 unspecified atom stereocenters. The molecule has 2 saturated heterocycles. The molecular weight excluding hydrogens is 272 g/mol. The average molecular weight is 293 g/mol. The van der Waals surface area contributed by atoms with Crippen LogP contribution in [0.2, 0.25) is 5.02 Å². The van der Waals surface area contributed by atoms with Gasteiger partial charge in [0, 0.05) is 30.7 Å². The maximum Gasteiger partial charge on any atom is 0.227 e. The summed E-state index contributed by atoms with van der Waals surface area (Å²) in [5.41, 5.74) is 1.01. The van der Waals surface area contributed by atoms with Crippen LogP contribution in [0.15, 0.2) is 24.3 Å². The largest absolute Gasteiger partial charge is 0.339 e. The van der Waals surface area contributed by atoms with Gasteiger partial charge < -0.3 is 10.2 Å². The topological polar surface area (TPSA) is 32.3 Å². The third-order valence-corrected chi connectivity index (χ3v) is 4.94. The first-order valence-electron chi connectivity index (χ1n) is 7.43. The summed E-state index contributed by atoms with van der Waals surface area (Å²) in [6.07, 6.45) is 1.51. The fraction of sp³-hybridized carbons (Fsp3) is 0.562. The van der Waals surface area contributed by atoms with Gasteiger partial charge in [0.2, 0.25) is 5.91 Å². The van der Waals surface area contributed by atoms with Crippen LogP contribution >= 0.6 is 11.6 Å². The molecule has 2 aliphatic rings. The van der Waals surface area contributed by atoms with Gasteiger partial charge in [0.1, 0.15) is 0 Å². The summed E-state index contributed by atoms with van der Waals surface area (Å²) in [5, 5.41) is 4.15. The van der Waals surface area contributed by atoms with Gasteiger partial charge in [-0.3, -0.25) is 4.79 Å². The quantitative estimate of drug-likeness (QED) is 0.927. The molecule has 0 spiro atoms. The second-order valence-electron chi connectivity index (χ2n) is 5.91. The van der Waals surface area contributed by atoms with Crippen molar-refractivity contribution in [2.24, 2.45) is 11.8 Å². The van der Waals surface area contributed by atoms with Crippen LogP contribution in [0.25, 0.3) is 0 Å². The summed E-state index contributed by atoms with van der Waals surface area (Å²) in [6, 6.07) is 8.02. The third kappa shape index (κ3) is 2.57. The van der Waals surface area contributed by atoms with E-state index >= 15 is 0 Å². The summed E-state index contributed by atoms with van der Waals surface area (Å²) >= 11 is 5.99. The van der Waals surface area contributed by atoms with Gasteiger partial charge in [0.25, 0.3) is 0 Å². The number of nitrogens with one attached hydrogen (secondary N) is 1. The summed E-state index contributed by atoms with van der Waals surface area (Å²) in [7, 11) is 0. The predicted octanol–water partition coefficient (Wildman–Crippen LogP) is 2.34. The van der Waals surface area contributed by atoms with Gasteiger partial charge >= 0.3 is 0 Å². The molecule has 2 fully saturated rings. The van der Waals surface area contributed by atoms with Gasteiger partial charge in [-0.25, -0.2) is 0 Å². The molecule has 1 aromatic carbocycles. The molecule has 3 atom stereocenters. The Morgan fingerprint density at radius 2 is 2.30 bits per heavy atom. The average Bonchev–Trinajstić information content (AvgIpc) is 2.98. The normalized spacial score (nSPS) is 28.7. The van der Waals surface area contributed by atoms with Crippen LogP contribution < -0.4 is 5.32 Å². The molecular formula is C16H21ClN2O. The highest BCUT2D eigenvalue weighted by atomic mass is 35.5. The van der Waals surface area contributed by atoms with Crippen LogP contribution in [0.4, 0.5) is 0 Å². The van der Waals surface area contributed by atoms with Crippen molar-refractivity contribution in [2.45, 2.75) is 25.8 Å². The number of benzene rings is 1. The maximum absolute atomic E-state index is 12.6. The van der Waals surface area contributed by atoms with Crippen LogP contribution in [-0.4, -0.2) is 36.5 Å². The first-order valence-corrected chi connectivity index (χ1v) is 7.81. The molecule has 0 aromatic heterocycles. The summed E-state index contributed by atoms with van der Waals surface area (Å²) in [4.78, 5) is 14.7. The zero-order valence-corrected chi connectivity index (χ0v) is 12.6. The minimum Gasteiger partial charge on any atom is -0.339 e. The Hall–Kier alpha value is -1.06. The van der Waals surface area contributed by atoms with Crippen molar-refractivity contribution < 1.29 is 4.79 Å². The lowest BCUT2D eigenvalue weighted by Crippen LogP contribution is -2.40. The molecule has 3 nitrogen and oxygen atoms in total. The van der Waals surface area contributed by atoms with Crippen LogP contribution in [0.1, 0.15) is 18.9 Å². The lowest BCUT2D eigenvalue weighted by Gasteiger charge is -2.27. The fourth-order valence-corrected chi connectivity index (χ4v) is 3.97. The Bertz CT molecular complexity index is 505. The van der Waals surface area contributed by atoms with Crippen molar-refractivity contribution >= 4 is 17.5 Å². The van der Waals surface area contributed by atoms with E-state index < -0.39 is 0 Å². The van der Waals surface area contributed by atoms with Crippen molar-refractivity contribution in [3.63, 3.8) is 0 Å². The maximum atomic E-state index is 12.6. The Kier molecular flexibility index (Phi) is 3.99. The van der Waals surface area contributed by atoms with Gasteiger partial charge in [-0.2, -0.15) is 0 Å². The number of carbonyl (C=O) groups excluding carboxylic acids is 1. The van der Waals surface area contributed by atoms with Crippen molar-refractivity contribution in [3.8, 4) is 0 Å². The molecule has 4 heteroatoms. The van der Waals surface area contributed by atoms with Crippen molar-refractivity contribution in [1.29, 1.82) is 0 Å². The van der Waals surface area contributed by atoms with Crippen LogP contribution in [0.5, 0.6) is 0 Å². The second kappa shape index (κ2) is 5.74. The molecule has 1 N–H and O–H groups in total. The fourth-order valence-electron chi connectivity index (χ4n) is 3.76. The van der Waals surface area contributed by atoms with E-state index in [9.17, 15) is 4.79 Å². The van der Waals surface area contributed by atoms with Crippen molar-refractivity contribution in [2.75, 3.05) is 19.6 Å². The first kappa shape index (κ1) is 13.9. The molecule has 0 bridgehead atoms. The number of nitrogens with zero attached hydrogens (tertiary/aromatic N) is 1. The molecule has 20 heavy (non-hydrogen) atoms. The summed E-state index contributed by atoms with van der Waals surface area (Å²) < 4.78 is 0. The van der Waals surface area contributed by atoms with Gasteiger partial charge in [-0.15, -0.1) is 0 Å². The molecule has 1 amide bonds. The Labute approximate surface area is 125 Å². The highest BCUT2D eigenvalue weighted by molar-refractivity contribution is 6.30. The highest BCUT2D eigenvalue weighted by Gasteiger charge is 2.44. The molecule has 2 heterocycles. The summed E-state index contributed by atoms with van der Waals surface area (Å²) in [5.74, 6) is 1.53. The van der Waals surface area contributed by atoms with E-state index in [1.54, 1.807) is 0 Å². The van der Waals surface area contributed by atoms with Gasteiger partial charge in [-0.1, -0.05) is 30.7 Å². The number of hydrogen-bond acceptors (Lipinski definition) is 2. The van der Waals surface area contributed by atoms with Gasteiger partial charge in [0.05, 0.1) is 6.42 Å². The van der Waals surface area contributed by atoms with Gasteiger partial charge in [0.15, 0.2) is 0 Å². The molecule has 2 aliphatic heterocycles. The Morgan fingerprint density at radius 1 is 1.45 bits per heavy atom. The molecule has 0 aliphatic carbocycles. The van der Waals surface area contributed by atoms with Gasteiger partial charge in [-0.05, 0) is 36.0 Å². The molecule has 0 radical (unpaired) electrons. The summed E-state index contributed by atoms with van der Waals surface area (Å²) in [6.45, 7) is 5.22. The third-order valence-electron chi connectivity index (χ3n) is 4.70. The number of likely N-dealkylation sites (tertiary alicyclic amines) is 1. The minimum atomic E-state index is 0.244. The first-order chi connectivity index (χ1) is 9.69. The van der Waals surface area contributed by atoms with Crippen molar-refractivity contribution in [3.05, 3.63) is 34.9 Å². The van der Waals surface area contributed by atoms with Crippen LogP contribution in [0, 0.1) is 11.8 Å². The lowest BCUT2D eigenvalue weighted by molar-refractivity contribution is -0.131. The van der Waals surface area contributed by atoms with Crippen LogP contribution in [-0.2, 0) is 11.2 Å². The Morgan fingerprint density at radius 3 is 3.05 bits per heavy atom. The zero-order chi connectivity index (χ0) is 14.1. The standard InChI is InChI=1S/C16H21ClN2O/c1-2-15-14-9-18-8-12(14)10-19(15)16(20)7-11-4-3-5-13(17)6-11/h3-6,12,14-15,18H,2,7-10H2,1H3. The van der Waals surface area contributed by atoms with E-state index in [-0.39, 0.29) is 5.91 Å². The number of rotatable bonds is 3. The monoisotopic (exact) mass is 292 g/mol. The van der Waals surface area contributed by atoms with E-state index in [0.29, 0.717) is 29.3 Å². The number of halogens is 1. The molecule has 1 aromatic rings. The number of carbonyl (C=O) groups is 1. The Balaban J connectivity index is 1.71. The number of hydrogen-bond donors (Lipinski definition) is 1. The SMILES string of the molecule is CCC1C2CNCC2CN1C(=O)Cc1cccc(Cl)c1. The predicted molar refractivity (Wildman–Crippen MR) is 80.8 cm³/mol. The van der Waals surface area contributed by atoms with E-state index in [1.165, 1.54) is 0 Å². The second-order valence-corrected chi connectivity index (χ2v) is 6.35. The molecule has 3 rings (SSSR count).